The van der Waals surface area contributed by atoms with Crippen LogP contribution < -0.4 is 5.43 Å². The summed E-state index contributed by atoms with van der Waals surface area (Å²) in [6, 6.07) is 13.6. The van der Waals surface area contributed by atoms with Gasteiger partial charge in [0.15, 0.2) is 4.32 Å². The Morgan fingerprint density at radius 2 is 2.00 bits per heavy atom. The Balaban J connectivity index is 1.80. The first kappa shape index (κ1) is 17.2. The molecule has 126 valence electrons. The van der Waals surface area contributed by atoms with E-state index in [-0.39, 0.29) is 10.1 Å². The van der Waals surface area contributed by atoms with Crippen molar-refractivity contribution in [2.24, 2.45) is 0 Å². The Bertz CT molecular complexity index is 909. The number of nitrogens with zero attached hydrogens (tertiary/aromatic N) is 1. The van der Waals surface area contributed by atoms with E-state index in [4.69, 9.17) is 12.2 Å². The van der Waals surface area contributed by atoms with Crippen LogP contribution in [-0.2, 0) is 4.79 Å². The number of thiocarbonyl (C=S) groups is 1. The number of hydrogen-bond donors (Lipinski definition) is 2. The highest BCUT2D eigenvalue weighted by molar-refractivity contribution is 8.26. The van der Waals surface area contributed by atoms with Crippen LogP contribution in [0.2, 0.25) is 0 Å². The zero-order valence-electron chi connectivity index (χ0n) is 13.2. The van der Waals surface area contributed by atoms with Gasteiger partial charge in [0.25, 0.3) is 11.8 Å². The second-order valence-corrected chi connectivity index (χ2v) is 7.04. The predicted molar refractivity (Wildman–Crippen MR) is 102 cm³/mol. The summed E-state index contributed by atoms with van der Waals surface area (Å²) < 4.78 is 0.248. The summed E-state index contributed by atoms with van der Waals surface area (Å²) in [6.07, 6.45) is 1.62. The standard InChI is InChI=1S/C18H14N2O3S2/c1-11-5-2-3-8-14(11)16(22)19-20-17(23)15(25-18(20)24)10-12-6-4-7-13(21)9-12/h2-10,21H,1H3,(H,19,22)/b15-10-. The largest absolute Gasteiger partial charge is 0.508 e. The molecule has 0 bridgehead atoms. The highest BCUT2D eigenvalue weighted by atomic mass is 32.2. The lowest BCUT2D eigenvalue weighted by molar-refractivity contribution is -0.123. The topological polar surface area (TPSA) is 69.6 Å². The summed E-state index contributed by atoms with van der Waals surface area (Å²) in [5.41, 5.74) is 4.51. The third-order valence-electron chi connectivity index (χ3n) is 3.56. The second-order valence-electron chi connectivity index (χ2n) is 5.37. The van der Waals surface area contributed by atoms with Gasteiger partial charge in [0.2, 0.25) is 0 Å². The molecule has 0 atom stereocenters. The van der Waals surface area contributed by atoms with Crippen LogP contribution in [0.5, 0.6) is 5.75 Å². The number of rotatable bonds is 3. The van der Waals surface area contributed by atoms with Gasteiger partial charge in [-0.2, -0.15) is 5.01 Å². The summed E-state index contributed by atoms with van der Waals surface area (Å²) >= 11 is 6.30. The third-order valence-corrected chi connectivity index (χ3v) is 4.87. The molecular weight excluding hydrogens is 356 g/mol. The maximum absolute atomic E-state index is 12.5. The van der Waals surface area contributed by atoms with E-state index in [1.165, 1.54) is 0 Å². The Kier molecular flexibility index (Phi) is 4.87. The first-order chi connectivity index (χ1) is 12.0. The minimum atomic E-state index is -0.403. The van der Waals surface area contributed by atoms with E-state index >= 15 is 0 Å². The SMILES string of the molecule is Cc1ccccc1C(=O)NN1C(=O)/C(=C/c2cccc(O)c2)SC1=S. The summed E-state index contributed by atoms with van der Waals surface area (Å²) in [7, 11) is 0. The van der Waals surface area contributed by atoms with Gasteiger partial charge in [0, 0.05) is 5.56 Å². The maximum atomic E-state index is 12.5. The fourth-order valence-electron chi connectivity index (χ4n) is 2.32. The van der Waals surface area contributed by atoms with Crippen LogP contribution in [0, 0.1) is 6.92 Å². The van der Waals surface area contributed by atoms with Crippen LogP contribution in [0.4, 0.5) is 0 Å². The number of benzene rings is 2. The minimum absolute atomic E-state index is 0.108. The molecule has 1 heterocycles. The van der Waals surface area contributed by atoms with Crippen molar-refractivity contribution in [3.8, 4) is 5.75 Å². The molecule has 2 aromatic rings. The summed E-state index contributed by atoms with van der Waals surface area (Å²) in [6.45, 7) is 1.82. The minimum Gasteiger partial charge on any atom is -0.508 e. The molecule has 1 fully saturated rings. The summed E-state index contributed by atoms with van der Waals surface area (Å²) in [5, 5.41) is 10.6. The Labute approximate surface area is 154 Å². The van der Waals surface area contributed by atoms with E-state index < -0.39 is 11.8 Å². The molecule has 1 aliphatic heterocycles. The average Bonchev–Trinajstić information content (AvgIpc) is 2.83. The van der Waals surface area contributed by atoms with Crippen molar-refractivity contribution in [2.45, 2.75) is 6.92 Å². The molecule has 5 nitrogen and oxygen atoms in total. The Hall–Kier alpha value is -2.64. The van der Waals surface area contributed by atoms with E-state index in [9.17, 15) is 14.7 Å². The number of aromatic hydroxyl groups is 1. The van der Waals surface area contributed by atoms with E-state index in [1.54, 1.807) is 42.5 Å². The summed E-state index contributed by atoms with van der Waals surface area (Å²) in [5.74, 6) is -0.689. The molecular formula is C18H14N2O3S2. The van der Waals surface area contributed by atoms with Gasteiger partial charge in [-0.25, -0.2) is 0 Å². The maximum Gasteiger partial charge on any atom is 0.285 e. The molecule has 0 spiro atoms. The number of phenols is 1. The highest BCUT2D eigenvalue weighted by Gasteiger charge is 2.33. The molecule has 2 amide bonds. The molecule has 0 aromatic heterocycles. The van der Waals surface area contributed by atoms with Crippen molar-refractivity contribution in [1.29, 1.82) is 0 Å². The van der Waals surface area contributed by atoms with Gasteiger partial charge < -0.3 is 5.11 Å². The van der Waals surface area contributed by atoms with Gasteiger partial charge in [-0.1, -0.05) is 42.1 Å². The number of nitrogens with one attached hydrogen (secondary N) is 1. The van der Waals surface area contributed by atoms with Gasteiger partial charge in [-0.15, -0.1) is 0 Å². The molecule has 2 N–H and O–H groups in total. The lowest BCUT2D eigenvalue weighted by atomic mass is 10.1. The van der Waals surface area contributed by atoms with E-state index in [0.29, 0.717) is 16.0 Å². The molecule has 1 aliphatic rings. The van der Waals surface area contributed by atoms with Crippen LogP contribution >= 0.6 is 24.0 Å². The van der Waals surface area contributed by atoms with Crippen LogP contribution in [-0.4, -0.2) is 26.3 Å². The van der Waals surface area contributed by atoms with E-state index in [1.807, 2.05) is 19.1 Å². The molecule has 0 aliphatic carbocycles. The molecule has 25 heavy (non-hydrogen) atoms. The van der Waals surface area contributed by atoms with Crippen molar-refractivity contribution in [3.63, 3.8) is 0 Å². The Morgan fingerprint density at radius 1 is 1.24 bits per heavy atom. The van der Waals surface area contributed by atoms with Crippen molar-refractivity contribution >= 4 is 46.2 Å². The van der Waals surface area contributed by atoms with Crippen molar-refractivity contribution in [2.75, 3.05) is 0 Å². The van der Waals surface area contributed by atoms with E-state index in [2.05, 4.69) is 5.43 Å². The lowest BCUT2D eigenvalue weighted by Crippen LogP contribution is -2.45. The van der Waals surface area contributed by atoms with Gasteiger partial charge >= 0.3 is 0 Å². The molecule has 1 saturated heterocycles. The molecule has 7 heteroatoms. The zero-order chi connectivity index (χ0) is 18.0. The summed E-state index contributed by atoms with van der Waals surface area (Å²) in [4.78, 5) is 25.3. The van der Waals surface area contributed by atoms with Crippen LogP contribution in [0.1, 0.15) is 21.5 Å². The number of phenolic OH excluding ortho intramolecular Hbond substituents is 1. The fraction of sp³-hybridized carbons (Fsp3) is 0.0556. The van der Waals surface area contributed by atoms with Gasteiger partial charge in [0.05, 0.1) is 4.91 Å². The number of carbonyl (C=O) groups is 2. The number of hydrogen-bond acceptors (Lipinski definition) is 5. The van der Waals surface area contributed by atoms with Gasteiger partial charge in [0.1, 0.15) is 5.75 Å². The molecule has 0 radical (unpaired) electrons. The molecule has 0 saturated carbocycles. The molecule has 3 rings (SSSR count). The lowest BCUT2D eigenvalue weighted by Gasteiger charge is -2.16. The van der Waals surface area contributed by atoms with Crippen LogP contribution in [0.15, 0.2) is 53.4 Å². The molecule has 0 unspecified atom stereocenters. The van der Waals surface area contributed by atoms with E-state index in [0.717, 1.165) is 22.3 Å². The number of thioether (sulfide) groups is 1. The first-order valence-electron chi connectivity index (χ1n) is 7.39. The van der Waals surface area contributed by atoms with Gasteiger partial charge in [-0.3, -0.25) is 15.0 Å². The van der Waals surface area contributed by atoms with Crippen molar-refractivity contribution in [1.82, 2.24) is 10.4 Å². The van der Waals surface area contributed by atoms with Crippen molar-refractivity contribution in [3.05, 3.63) is 70.1 Å². The van der Waals surface area contributed by atoms with Gasteiger partial charge in [-0.05, 0) is 54.5 Å². The smallest absolute Gasteiger partial charge is 0.285 e. The number of hydrazine groups is 1. The van der Waals surface area contributed by atoms with Crippen LogP contribution in [0.25, 0.3) is 6.08 Å². The quantitative estimate of drug-likeness (QED) is 0.641. The zero-order valence-corrected chi connectivity index (χ0v) is 14.9. The monoisotopic (exact) mass is 370 g/mol. The van der Waals surface area contributed by atoms with Crippen LogP contribution in [0.3, 0.4) is 0 Å². The second kappa shape index (κ2) is 7.08. The first-order valence-corrected chi connectivity index (χ1v) is 8.62. The normalized spacial score (nSPS) is 15.7. The molecule has 2 aromatic carbocycles. The number of carbonyl (C=O) groups excluding carboxylic acids is 2. The van der Waals surface area contributed by atoms with Crippen molar-refractivity contribution < 1.29 is 14.7 Å². The third kappa shape index (κ3) is 3.72. The Morgan fingerprint density at radius 3 is 2.72 bits per heavy atom. The average molecular weight is 370 g/mol. The fourth-order valence-corrected chi connectivity index (χ4v) is 3.50. The predicted octanol–water partition coefficient (Wildman–Crippen LogP) is 3.25. The highest BCUT2D eigenvalue weighted by Crippen LogP contribution is 2.32. The number of amides is 2. The number of aryl methyl sites for hydroxylation is 1.